The molecular formula is C19H21N5O2. The second-order valence-electron chi connectivity index (χ2n) is 6.21. The van der Waals surface area contributed by atoms with E-state index in [4.69, 9.17) is 0 Å². The van der Waals surface area contributed by atoms with E-state index in [2.05, 4.69) is 15.4 Å². The van der Waals surface area contributed by atoms with Crippen molar-refractivity contribution in [2.24, 2.45) is 0 Å². The zero-order valence-electron chi connectivity index (χ0n) is 15.0. The van der Waals surface area contributed by atoms with Crippen molar-refractivity contribution in [3.05, 3.63) is 76.2 Å². The van der Waals surface area contributed by atoms with Crippen molar-refractivity contribution in [3.8, 4) is 5.69 Å². The number of carbonyl (C=O) groups excluding carboxylic acids is 1. The average molecular weight is 351 g/mol. The van der Waals surface area contributed by atoms with E-state index in [1.165, 1.54) is 4.57 Å². The Hall–Kier alpha value is -3.22. The predicted molar refractivity (Wildman–Crippen MR) is 98.1 cm³/mol. The maximum Gasteiger partial charge on any atom is 0.348 e. The molecule has 0 bridgehead atoms. The number of nitrogens with zero attached hydrogens (tertiary/aromatic N) is 4. The second kappa shape index (κ2) is 7.35. The minimum atomic E-state index is -0.415. The lowest BCUT2D eigenvalue weighted by molar-refractivity contribution is -0.122. The monoisotopic (exact) mass is 351 g/mol. The van der Waals surface area contributed by atoms with E-state index in [0.29, 0.717) is 11.4 Å². The first-order valence-electron chi connectivity index (χ1n) is 8.39. The average Bonchev–Trinajstić information content (AvgIpc) is 3.12. The fraction of sp³-hybridized carbons (Fsp3) is 0.263. The van der Waals surface area contributed by atoms with Gasteiger partial charge in [0.2, 0.25) is 5.91 Å². The third-order valence-electron chi connectivity index (χ3n) is 4.18. The van der Waals surface area contributed by atoms with Crippen LogP contribution in [-0.2, 0) is 11.3 Å². The Balaban J connectivity index is 1.78. The number of benzene rings is 1. The maximum atomic E-state index is 12.5. The van der Waals surface area contributed by atoms with Crippen molar-refractivity contribution in [3.63, 3.8) is 0 Å². The summed E-state index contributed by atoms with van der Waals surface area (Å²) in [6.45, 7) is 5.39. The van der Waals surface area contributed by atoms with Crippen LogP contribution in [0.1, 0.15) is 29.9 Å². The summed E-state index contributed by atoms with van der Waals surface area (Å²) >= 11 is 0. The van der Waals surface area contributed by atoms with Crippen molar-refractivity contribution in [2.75, 3.05) is 0 Å². The van der Waals surface area contributed by atoms with Gasteiger partial charge in [-0.1, -0.05) is 18.2 Å². The van der Waals surface area contributed by atoms with Crippen molar-refractivity contribution in [1.82, 2.24) is 24.6 Å². The highest BCUT2D eigenvalue weighted by Gasteiger charge is 2.15. The number of carbonyl (C=O) groups is 1. The van der Waals surface area contributed by atoms with E-state index in [-0.39, 0.29) is 18.5 Å². The number of hydrogen-bond donors (Lipinski definition) is 1. The van der Waals surface area contributed by atoms with Gasteiger partial charge in [-0.3, -0.25) is 9.36 Å². The van der Waals surface area contributed by atoms with E-state index >= 15 is 0 Å². The van der Waals surface area contributed by atoms with Crippen LogP contribution >= 0.6 is 0 Å². The Labute approximate surface area is 151 Å². The molecule has 3 rings (SSSR count). The van der Waals surface area contributed by atoms with Crippen LogP contribution < -0.4 is 11.0 Å². The smallest absolute Gasteiger partial charge is 0.348 e. The fourth-order valence-corrected chi connectivity index (χ4v) is 2.95. The highest BCUT2D eigenvalue weighted by atomic mass is 16.2. The van der Waals surface area contributed by atoms with Crippen molar-refractivity contribution in [2.45, 2.75) is 33.4 Å². The molecule has 0 saturated heterocycles. The van der Waals surface area contributed by atoms with Crippen LogP contribution in [0.25, 0.3) is 5.69 Å². The SMILES string of the molecule is Cc1cc(C)n(CC(=O)NC(C)c2ccccc2-n2cccn2)c(=O)n1. The molecule has 2 heterocycles. The van der Waals surface area contributed by atoms with Gasteiger partial charge in [-0.2, -0.15) is 10.1 Å². The van der Waals surface area contributed by atoms with Gasteiger partial charge in [-0.05, 0) is 44.5 Å². The minimum Gasteiger partial charge on any atom is -0.348 e. The van der Waals surface area contributed by atoms with Gasteiger partial charge in [-0.25, -0.2) is 9.48 Å². The first-order valence-corrected chi connectivity index (χ1v) is 8.39. The number of rotatable bonds is 5. The van der Waals surface area contributed by atoms with Gasteiger partial charge < -0.3 is 5.32 Å². The Morgan fingerprint density at radius 1 is 1.23 bits per heavy atom. The number of hydrogen-bond acceptors (Lipinski definition) is 4. The highest BCUT2D eigenvalue weighted by Crippen LogP contribution is 2.20. The van der Waals surface area contributed by atoms with Gasteiger partial charge in [0.1, 0.15) is 6.54 Å². The number of aryl methyl sites for hydroxylation is 2. The quantitative estimate of drug-likeness (QED) is 0.761. The number of para-hydroxylation sites is 1. The largest absolute Gasteiger partial charge is 0.348 e. The molecule has 3 aromatic rings. The molecule has 1 atom stereocenters. The fourth-order valence-electron chi connectivity index (χ4n) is 2.95. The number of amides is 1. The van der Waals surface area contributed by atoms with E-state index in [9.17, 15) is 9.59 Å². The van der Waals surface area contributed by atoms with Crippen molar-refractivity contribution >= 4 is 5.91 Å². The topological polar surface area (TPSA) is 81.8 Å². The summed E-state index contributed by atoms with van der Waals surface area (Å²) in [4.78, 5) is 28.4. The lowest BCUT2D eigenvalue weighted by atomic mass is 10.1. The molecule has 0 aliphatic carbocycles. The Kier molecular flexibility index (Phi) is 4.97. The van der Waals surface area contributed by atoms with Gasteiger partial charge >= 0.3 is 5.69 Å². The normalized spacial score (nSPS) is 12.0. The zero-order valence-corrected chi connectivity index (χ0v) is 15.0. The van der Waals surface area contributed by atoms with Crippen molar-refractivity contribution < 1.29 is 4.79 Å². The highest BCUT2D eigenvalue weighted by molar-refractivity contribution is 5.76. The molecule has 0 aliphatic heterocycles. The molecule has 1 unspecified atom stereocenters. The molecule has 1 amide bonds. The van der Waals surface area contributed by atoms with Crippen LogP contribution in [-0.4, -0.2) is 25.2 Å². The van der Waals surface area contributed by atoms with Gasteiger partial charge in [0.05, 0.1) is 11.7 Å². The zero-order chi connectivity index (χ0) is 18.7. The molecule has 0 spiro atoms. The minimum absolute atomic E-state index is 0.0633. The summed E-state index contributed by atoms with van der Waals surface area (Å²) in [6, 6.07) is 11.1. The summed E-state index contributed by atoms with van der Waals surface area (Å²) in [7, 11) is 0. The van der Waals surface area contributed by atoms with Gasteiger partial charge in [0.25, 0.3) is 0 Å². The maximum absolute atomic E-state index is 12.5. The van der Waals surface area contributed by atoms with Crippen LogP contribution in [0.2, 0.25) is 0 Å². The second-order valence-corrected chi connectivity index (χ2v) is 6.21. The third-order valence-corrected chi connectivity index (χ3v) is 4.18. The molecular weight excluding hydrogens is 330 g/mol. The number of nitrogens with one attached hydrogen (secondary N) is 1. The van der Waals surface area contributed by atoms with E-state index in [1.807, 2.05) is 43.5 Å². The van der Waals surface area contributed by atoms with Crippen LogP contribution in [0.4, 0.5) is 0 Å². The van der Waals surface area contributed by atoms with E-state index < -0.39 is 5.69 Å². The first kappa shape index (κ1) is 17.6. The molecule has 0 radical (unpaired) electrons. The van der Waals surface area contributed by atoms with Crippen LogP contribution in [0, 0.1) is 13.8 Å². The van der Waals surface area contributed by atoms with E-state index in [1.54, 1.807) is 30.8 Å². The van der Waals surface area contributed by atoms with E-state index in [0.717, 1.165) is 11.3 Å². The predicted octanol–water partition coefficient (Wildman–Crippen LogP) is 1.92. The van der Waals surface area contributed by atoms with Crippen LogP contribution in [0.5, 0.6) is 0 Å². The summed E-state index contributed by atoms with van der Waals surface area (Å²) in [5.74, 6) is -0.247. The van der Waals surface area contributed by atoms with Crippen LogP contribution in [0.15, 0.2) is 53.6 Å². The summed E-state index contributed by atoms with van der Waals surface area (Å²) in [5, 5.41) is 7.21. The number of aromatic nitrogens is 4. The first-order chi connectivity index (χ1) is 12.5. The lowest BCUT2D eigenvalue weighted by Gasteiger charge is -2.19. The molecule has 0 fully saturated rings. The molecule has 7 heteroatoms. The summed E-state index contributed by atoms with van der Waals surface area (Å²) in [5.41, 5.74) is 2.78. The molecule has 1 aromatic carbocycles. The standard InChI is InChI=1S/C19H21N5O2/c1-13-11-14(2)23(19(26)21-13)12-18(25)22-15(3)16-7-4-5-8-17(16)24-10-6-9-20-24/h4-11,15H,12H2,1-3H3,(H,22,25). The summed E-state index contributed by atoms with van der Waals surface area (Å²) in [6.07, 6.45) is 3.56. The van der Waals surface area contributed by atoms with Crippen molar-refractivity contribution in [1.29, 1.82) is 0 Å². The molecule has 0 saturated carbocycles. The molecule has 2 aromatic heterocycles. The van der Waals surface area contributed by atoms with Gasteiger partial charge in [0, 0.05) is 23.8 Å². The molecule has 134 valence electrons. The molecule has 1 N–H and O–H groups in total. The van der Waals surface area contributed by atoms with Crippen LogP contribution in [0.3, 0.4) is 0 Å². The molecule has 0 aliphatic rings. The van der Waals surface area contributed by atoms with Gasteiger partial charge in [-0.15, -0.1) is 0 Å². The molecule has 7 nitrogen and oxygen atoms in total. The summed E-state index contributed by atoms with van der Waals surface area (Å²) < 4.78 is 3.13. The van der Waals surface area contributed by atoms with Gasteiger partial charge in [0.15, 0.2) is 0 Å². The Morgan fingerprint density at radius 2 is 2.00 bits per heavy atom. The Bertz CT molecular complexity index is 976. The Morgan fingerprint density at radius 3 is 2.69 bits per heavy atom. The molecule has 26 heavy (non-hydrogen) atoms. The lowest BCUT2D eigenvalue weighted by Crippen LogP contribution is -2.36. The third kappa shape index (κ3) is 3.72.